The summed E-state index contributed by atoms with van der Waals surface area (Å²) in [5.74, 6) is 0.410. The predicted molar refractivity (Wildman–Crippen MR) is 117 cm³/mol. The van der Waals surface area contributed by atoms with Gasteiger partial charge in [-0.1, -0.05) is 48.5 Å². The van der Waals surface area contributed by atoms with Crippen LogP contribution < -0.4 is 0 Å². The van der Waals surface area contributed by atoms with Gasteiger partial charge in [0.05, 0.1) is 4.90 Å². The van der Waals surface area contributed by atoms with Crippen molar-refractivity contribution < 1.29 is 16.8 Å². The minimum Gasteiger partial charge on any atom is -0.354 e. The lowest BCUT2D eigenvalue weighted by Gasteiger charge is -2.23. The van der Waals surface area contributed by atoms with E-state index in [0.29, 0.717) is 43.0 Å². The van der Waals surface area contributed by atoms with Crippen LogP contribution in [0.15, 0.2) is 75.5 Å². The molecule has 0 unspecified atom stereocenters. The molecule has 2 aromatic rings. The van der Waals surface area contributed by atoms with Crippen LogP contribution in [0.4, 0.5) is 0 Å². The van der Waals surface area contributed by atoms with Gasteiger partial charge in [0.2, 0.25) is 10.0 Å². The smallest absolute Gasteiger partial charge is 0.285 e. The van der Waals surface area contributed by atoms with Crippen LogP contribution in [0.1, 0.15) is 18.9 Å². The topological polar surface area (TPSA) is 87.1 Å². The molecule has 2 aliphatic heterocycles. The van der Waals surface area contributed by atoms with Crippen molar-refractivity contribution in [1.82, 2.24) is 9.21 Å². The third kappa shape index (κ3) is 3.80. The number of amidine groups is 1. The number of sulfonamides is 2. The van der Waals surface area contributed by atoms with Gasteiger partial charge in [-0.15, -0.1) is 4.40 Å². The number of rotatable bonds is 3. The van der Waals surface area contributed by atoms with E-state index in [1.165, 1.54) is 4.31 Å². The lowest BCUT2D eigenvalue weighted by Crippen LogP contribution is -2.37. The van der Waals surface area contributed by atoms with Crippen molar-refractivity contribution in [3.8, 4) is 0 Å². The Morgan fingerprint density at radius 2 is 1.50 bits per heavy atom. The van der Waals surface area contributed by atoms with Gasteiger partial charge in [0, 0.05) is 31.8 Å². The second-order valence-corrected chi connectivity index (χ2v) is 10.7. The lowest BCUT2D eigenvalue weighted by atomic mass is 10.1. The van der Waals surface area contributed by atoms with Gasteiger partial charge in [0.1, 0.15) is 10.7 Å². The summed E-state index contributed by atoms with van der Waals surface area (Å²) < 4.78 is 56.9. The number of hydrogen-bond acceptors (Lipinski definition) is 5. The van der Waals surface area contributed by atoms with Gasteiger partial charge >= 0.3 is 0 Å². The van der Waals surface area contributed by atoms with Crippen LogP contribution >= 0.6 is 0 Å². The maximum absolute atomic E-state index is 12.9. The summed E-state index contributed by atoms with van der Waals surface area (Å²) in [7, 11) is -7.38. The standard InChI is InChI=1S/C21H23N3O4S2/c1-17-20(18-9-4-2-5-10-18)29(25,26)22-21(17)23-13-8-14-24(16-15-23)30(27,28)19-11-6-3-7-12-19/h2-7,9-12H,8,13-16H2,1H3. The fraction of sp³-hybridized carbons (Fsp3) is 0.286. The monoisotopic (exact) mass is 445 g/mol. The van der Waals surface area contributed by atoms with E-state index in [1.54, 1.807) is 61.5 Å². The fourth-order valence-electron chi connectivity index (χ4n) is 3.86. The molecule has 0 aliphatic carbocycles. The normalized spacial score (nSPS) is 20.2. The van der Waals surface area contributed by atoms with Crippen molar-refractivity contribution in [2.75, 3.05) is 26.2 Å². The molecule has 0 N–H and O–H groups in total. The van der Waals surface area contributed by atoms with E-state index in [2.05, 4.69) is 4.40 Å². The zero-order chi connectivity index (χ0) is 21.4. The molecule has 0 bridgehead atoms. The Morgan fingerprint density at radius 3 is 2.17 bits per heavy atom. The van der Waals surface area contributed by atoms with Crippen LogP contribution in [-0.2, 0) is 20.0 Å². The van der Waals surface area contributed by atoms with Gasteiger partial charge in [-0.25, -0.2) is 8.42 Å². The van der Waals surface area contributed by atoms with Crippen molar-refractivity contribution in [2.24, 2.45) is 4.40 Å². The average molecular weight is 446 g/mol. The largest absolute Gasteiger partial charge is 0.354 e. The Kier molecular flexibility index (Phi) is 5.52. The molecule has 2 heterocycles. The quantitative estimate of drug-likeness (QED) is 0.725. The SMILES string of the molecule is CC1=C(c2ccccc2)S(=O)(=O)N=C1N1CCCN(S(=O)(=O)c2ccccc2)CC1. The van der Waals surface area contributed by atoms with Crippen molar-refractivity contribution in [3.63, 3.8) is 0 Å². The average Bonchev–Trinajstić information content (AvgIpc) is 2.90. The summed E-state index contributed by atoms with van der Waals surface area (Å²) in [6.07, 6.45) is 0.582. The van der Waals surface area contributed by atoms with Gasteiger partial charge in [-0.2, -0.15) is 12.7 Å². The molecule has 0 atom stereocenters. The van der Waals surface area contributed by atoms with Gasteiger partial charge in [-0.3, -0.25) is 0 Å². The Balaban J connectivity index is 1.59. The highest BCUT2D eigenvalue weighted by Crippen LogP contribution is 2.33. The van der Waals surface area contributed by atoms with Crippen molar-refractivity contribution in [1.29, 1.82) is 0 Å². The third-order valence-electron chi connectivity index (χ3n) is 5.31. The maximum atomic E-state index is 12.9. The lowest BCUT2D eigenvalue weighted by molar-refractivity contribution is 0.408. The predicted octanol–water partition coefficient (Wildman–Crippen LogP) is 2.56. The molecule has 1 fully saturated rings. The number of benzene rings is 2. The van der Waals surface area contributed by atoms with Gasteiger partial charge in [0.15, 0.2) is 0 Å². The second-order valence-electron chi connectivity index (χ2n) is 7.27. The fourth-order valence-corrected chi connectivity index (χ4v) is 6.83. The summed E-state index contributed by atoms with van der Waals surface area (Å²) in [5.41, 5.74) is 1.21. The van der Waals surface area contributed by atoms with E-state index < -0.39 is 20.0 Å². The minimum absolute atomic E-state index is 0.219. The molecule has 0 radical (unpaired) electrons. The van der Waals surface area contributed by atoms with Crippen molar-refractivity contribution in [3.05, 3.63) is 71.8 Å². The maximum Gasteiger partial charge on any atom is 0.285 e. The van der Waals surface area contributed by atoms with Crippen LogP contribution in [0.5, 0.6) is 0 Å². The van der Waals surface area contributed by atoms with E-state index in [4.69, 9.17) is 0 Å². The van der Waals surface area contributed by atoms with E-state index >= 15 is 0 Å². The molecule has 158 valence electrons. The summed E-state index contributed by atoms with van der Waals surface area (Å²) in [6, 6.07) is 17.3. The third-order valence-corrected chi connectivity index (χ3v) is 8.70. The summed E-state index contributed by atoms with van der Waals surface area (Å²) >= 11 is 0. The molecule has 0 aromatic heterocycles. The Labute approximate surface area is 177 Å². The molecule has 30 heavy (non-hydrogen) atoms. The van der Waals surface area contributed by atoms with E-state index in [1.807, 2.05) is 11.0 Å². The highest BCUT2D eigenvalue weighted by Gasteiger charge is 2.35. The van der Waals surface area contributed by atoms with Crippen LogP contribution in [0.2, 0.25) is 0 Å². The molecular weight excluding hydrogens is 422 g/mol. The first-order chi connectivity index (χ1) is 14.3. The minimum atomic E-state index is -3.79. The van der Waals surface area contributed by atoms with E-state index in [0.717, 1.165) is 0 Å². The number of hydrogen-bond donors (Lipinski definition) is 0. The molecule has 0 saturated carbocycles. The molecule has 0 amide bonds. The first kappa shape index (κ1) is 20.8. The molecule has 4 rings (SSSR count). The van der Waals surface area contributed by atoms with Gasteiger partial charge < -0.3 is 4.90 Å². The zero-order valence-corrected chi connectivity index (χ0v) is 18.2. The van der Waals surface area contributed by atoms with Crippen molar-refractivity contribution >= 4 is 30.8 Å². The van der Waals surface area contributed by atoms with Gasteiger partial charge in [-0.05, 0) is 31.0 Å². The Hall–Kier alpha value is -2.49. The van der Waals surface area contributed by atoms with Crippen molar-refractivity contribution in [2.45, 2.75) is 18.2 Å². The second kappa shape index (κ2) is 7.98. The van der Waals surface area contributed by atoms with Crippen LogP contribution in [0.25, 0.3) is 4.91 Å². The van der Waals surface area contributed by atoms with Crippen LogP contribution in [-0.4, -0.2) is 58.1 Å². The first-order valence-electron chi connectivity index (χ1n) is 9.72. The number of nitrogens with zero attached hydrogens (tertiary/aromatic N) is 3. The molecule has 2 aromatic carbocycles. The highest BCUT2D eigenvalue weighted by molar-refractivity contribution is 8.00. The zero-order valence-electron chi connectivity index (χ0n) is 16.6. The van der Waals surface area contributed by atoms with Crippen LogP contribution in [0, 0.1) is 0 Å². The first-order valence-corrected chi connectivity index (χ1v) is 12.6. The van der Waals surface area contributed by atoms with E-state index in [-0.39, 0.29) is 16.3 Å². The molecule has 9 heteroatoms. The molecular formula is C21H23N3O4S2. The van der Waals surface area contributed by atoms with Gasteiger partial charge in [0.25, 0.3) is 10.0 Å². The Morgan fingerprint density at radius 1 is 0.867 bits per heavy atom. The molecule has 1 saturated heterocycles. The molecule has 7 nitrogen and oxygen atoms in total. The molecule has 2 aliphatic rings. The summed E-state index contributed by atoms with van der Waals surface area (Å²) in [6.45, 7) is 3.32. The summed E-state index contributed by atoms with van der Waals surface area (Å²) in [5, 5.41) is 0. The van der Waals surface area contributed by atoms with Crippen LogP contribution in [0.3, 0.4) is 0 Å². The van der Waals surface area contributed by atoms with E-state index in [9.17, 15) is 16.8 Å². The summed E-state index contributed by atoms with van der Waals surface area (Å²) in [4.78, 5) is 2.36. The molecule has 0 spiro atoms. The highest BCUT2D eigenvalue weighted by atomic mass is 32.2. The Bertz CT molecular complexity index is 1210.